The van der Waals surface area contributed by atoms with Crippen LogP contribution in [0.3, 0.4) is 0 Å². The first-order valence-corrected chi connectivity index (χ1v) is 4.38. The van der Waals surface area contributed by atoms with Crippen molar-refractivity contribution in [3.05, 3.63) is 29.6 Å². The molecule has 0 aromatic heterocycles. The number of halogens is 1. The van der Waals surface area contributed by atoms with E-state index in [4.69, 9.17) is 5.90 Å². The average molecular weight is 198 g/mol. The molecule has 0 heterocycles. The maximum Gasteiger partial charge on any atom is 0.123 e. The van der Waals surface area contributed by atoms with Gasteiger partial charge in [-0.05, 0) is 25.1 Å². The van der Waals surface area contributed by atoms with Crippen molar-refractivity contribution in [3.63, 3.8) is 0 Å². The number of anilines is 1. The Morgan fingerprint density at radius 1 is 1.43 bits per heavy atom. The van der Waals surface area contributed by atoms with Crippen molar-refractivity contribution < 1.29 is 9.23 Å². The Morgan fingerprint density at radius 2 is 2.07 bits per heavy atom. The third-order valence-electron chi connectivity index (χ3n) is 2.11. The van der Waals surface area contributed by atoms with Crippen LogP contribution in [0.2, 0.25) is 0 Å². The van der Waals surface area contributed by atoms with Crippen LogP contribution < -0.4 is 10.8 Å². The lowest BCUT2D eigenvalue weighted by atomic mass is 10.1. The Kier molecular flexibility index (Phi) is 3.43. The minimum Gasteiger partial charge on any atom is -0.377 e. The summed E-state index contributed by atoms with van der Waals surface area (Å²) in [4.78, 5) is 6.58. The Labute approximate surface area is 83.2 Å². The molecule has 1 unspecified atom stereocenters. The fourth-order valence-electron chi connectivity index (χ4n) is 1.33. The van der Waals surface area contributed by atoms with Crippen LogP contribution in [0.4, 0.5) is 10.1 Å². The molecule has 1 rings (SSSR count). The summed E-state index contributed by atoms with van der Waals surface area (Å²) in [6.07, 6.45) is -0.317. The van der Waals surface area contributed by atoms with Gasteiger partial charge < -0.3 is 4.90 Å². The maximum atomic E-state index is 13.0. The van der Waals surface area contributed by atoms with E-state index in [1.54, 1.807) is 13.0 Å². The van der Waals surface area contributed by atoms with Crippen molar-refractivity contribution in [1.29, 1.82) is 0 Å². The second kappa shape index (κ2) is 4.39. The molecule has 2 N–H and O–H groups in total. The number of nitrogens with two attached hydrogens (primary N) is 1. The van der Waals surface area contributed by atoms with E-state index in [-0.39, 0.29) is 11.9 Å². The molecule has 0 aliphatic carbocycles. The van der Waals surface area contributed by atoms with Gasteiger partial charge in [-0.1, -0.05) is 0 Å². The van der Waals surface area contributed by atoms with Gasteiger partial charge in [-0.25, -0.2) is 10.3 Å². The van der Waals surface area contributed by atoms with Gasteiger partial charge in [0.05, 0.1) is 0 Å². The second-order valence-corrected chi connectivity index (χ2v) is 3.38. The molecular formula is C10H15FN2O. The summed E-state index contributed by atoms with van der Waals surface area (Å²) in [5.74, 6) is 4.80. The highest BCUT2D eigenvalue weighted by Gasteiger charge is 2.12. The minimum absolute atomic E-state index is 0.283. The molecule has 14 heavy (non-hydrogen) atoms. The van der Waals surface area contributed by atoms with Crippen LogP contribution >= 0.6 is 0 Å². The summed E-state index contributed by atoms with van der Waals surface area (Å²) in [6, 6.07) is 4.56. The summed E-state index contributed by atoms with van der Waals surface area (Å²) in [5, 5.41) is 0. The van der Waals surface area contributed by atoms with Gasteiger partial charge in [0.15, 0.2) is 0 Å². The monoisotopic (exact) mass is 198 g/mol. The van der Waals surface area contributed by atoms with Gasteiger partial charge in [0.1, 0.15) is 11.9 Å². The Bertz CT molecular complexity index is 315. The van der Waals surface area contributed by atoms with E-state index in [2.05, 4.69) is 4.84 Å². The van der Waals surface area contributed by atoms with Gasteiger partial charge in [-0.15, -0.1) is 0 Å². The predicted octanol–water partition coefficient (Wildman–Crippen LogP) is 1.84. The molecule has 0 fully saturated rings. The van der Waals surface area contributed by atoms with Crippen LogP contribution in [0.1, 0.15) is 18.6 Å². The Balaban J connectivity index is 3.15. The lowest BCUT2D eigenvalue weighted by Gasteiger charge is -2.20. The zero-order valence-corrected chi connectivity index (χ0v) is 8.62. The molecule has 0 aliphatic rings. The molecule has 1 aromatic carbocycles. The number of hydrogen-bond donors (Lipinski definition) is 1. The molecule has 0 bridgehead atoms. The summed E-state index contributed by atoms with van der Waals surface area (Å²) in [7, 11) is 3.78. The van der Waals surface area contributed by atoms with Crippen LogP contribution in [-0.4, -0.2) is 14.1 Å². The van der Waals surface area contributed by atoms with Gasteiger partial charge >= 0.3 is 0 Å². The number of benzene rings is 1. The Hall–Kier alpha value is -1.13. The number of hydrogen-bond acceptors (Lipinski definition) is 3. The highest BCUT2D eigenvalue weighted by molar-refractivity contribution is 5.53. The Morgan fingerprint density at radius 3 is 2.57 bits per heavy atom. The lowest BCUT2D eigenvalue weighted by Crippen LogP contribution is -2.15. The molecular weight excluding hydrogens is 183 g/mol. The fraction of sp³-hybridized carbons (Fsp3) is 0.400. The molecule has 3 nitrogen and oxygen atoms in total. The van der Waals surface area contributed by atoms with Crippen LogP contribution in [0, 0.1) is 5.82 Å². The summed E-state index contributed by atoms with van der Waals surface area (Å²) >= 11 is 0. The minimum atomic E-state index is -0.317. The maximum absolute atomic E-state index is 13.0. The quantitative estimate of drug-likeness (QED) is 0.753. The van der Waals surface area contributed by atoms with E-state index in [1.807, 2.05) is 19.0 Å². The van der Waals surface area contributed by atoms with Gasteiger partial charge in [0.25, 0.3) is 0 Å². The number of rotatable bonds is 3. The molecule has 1 aromatic rings. The zero-order chi connectivity index (χ0) is 10.7. The highest BCUT2D eigenvalue weighted by Crippen LogP contribution is 2.27. The standard InChI is InChI=1S/C10H15FN2O/c1-7(14-12)9-6-8(11)4-5-10(9)13(2)3/h4-7H,12H2,1-3H3. The summed E-state index contributed by atoms with van der Waals surface area (Å²) in [6.45, 7) is 1.78. The van der Waals surface area contributed by atoms with Gasteiger partial charge in [0.2, 0.25) is 0 Å². The van der Waals surface area contributed by atoms with Crippen molar-refractivity contribution in [2.45, 2.75) is 13.0 Å². The fourth-order valence-corrected chi connectivity index (χ4v) is 1.33. The van der Waals surface area contributed by atoms with Crippen molar-refractivity contribution >= 4 is 5.69 Å². The predicted molar refractivity (Wildman–Crippen MR) is 54.4 cm³/mol. The molecule has 0 saturated heterocycles. The molecule has 4 heteroatoms. The smallest absolute Gasteiger partial charge is 0.123 e. The molecule has 0 spiro atoms. The first-order valence-electron chi connectivity index (χ1n) is 4.38. The average Bonchev–Trinajstić information content (AvgIpc) is 2.16. The molecule has 0 amide bonds. The third-order valence-corrected chi connectivity index (χ3v) is 2.11. The molecule has 0 aliphatic heterocycles. The van der Waals surface area contributed by atoms with Crippen LogP contribution in [-0.2, 0) is 4.84 Å². The van der Waals surface area contributed by atoms with E-state index in [0.29, 0.717) is 0 Å². The topological polar surface area (TPSA) is 38.5 Å². The lowest BCUT2D eigenvalue weighted by molar-refractivity contribution is 0.0665. The van der Waals surface area contributed by atoms with Gasteiger partial charge in [-0.2, -0.15) is 0 Å². The van der Waals surface area contributed by atoms with Crippen LogP contribution in [0.15, 0.2) is 18.2 Å². The number of nitrogens with zero attached hydrogens (tertiary/aromatic N) is 1. The van der Waals surface area contributed by atoms with E-state index in [0.717, 1.165) is 11.3 Å². The van der Waals surface area contributed by atoms with E-state index < -0.39 is 0 Å². The van der Waals surface area contributed by atoms with Crippen molar-refractivity contribution in [3.8, 4) is 0 Å². The second-order valence-electron chi connectivity index (χ2n) is 3.38. The SMILES string of the molecule is CC(ON)c1cc(F)ccc1N(C)C. The van der Waals surface area contributed by atoms with Crippen LogP contribution in [0.5, 0.6) is 0 Å². The van der Waals surface area contributed by atoms with Crippen LogP contribution in [0.25, 0.3) is 0 Å². The van der Waals surface area contributed by atoms with Gasteiger partial charge in [0, 0.05) is 25.3 Å². The molecule has 78 valence electrons. The first-order chi connectivity index (χ1) is 6.56. The van der Waals surface area contributed by atoms with Crippen molar-refractivity contribution in [1.82, 2.24) is 0 Å². The third kappa shape index (κ3) is 2.21. The van der Waals surface area contributed by atoms with Crippen molar-refractivity contribution in [2.75, 3.05) is 19.0 Å². The molecule has 1 atom stereocenters. The molecule has 0 saturated carbocycles. The van der Waals surface area contributed by atoms with E-state index >= 15 is 0 Å². The normalized spacial score (nSPS) is 12.6. The largest absolute Gasteiger partial charge is 0.377 e. The van der Waals surface area contributed by atoms with E-state index in [9.17, 15) is 4.39 Å². The van der Waals surface area contributed by atoms with Crippen molar-refractivity contribution in [2.24, 2.45) is 5.90 Å². The molecule has 0 radical (unpaired) electrons. The van der Waals surface area contributed by atoms with E-state index in [1.165, 1.54) is 12.1 Å². The first kappa shape index (κ1) is 10.9. The highest BCUT2D eigenvalue weighted by atomic mass is 19.1. The summed E-state index contributed by atoms with van der Waals surface area (Å²) < 4.78 is 13.0. The zero-order valence-electron chi connectivity index (χ0n) is 8.62. The summed E-state index contributed by atoms with van der Waals surface area (Å²) in [5.41, 5.74) is 1.65. The van der Waals surface area contributed by atoms with Gasteiger partial charge in [-0.3, -0.25) is 4.84 Å².